The Kier molecular flexibility index (Phi) is 4.85. The molecule has 0 bridgehead atoms. The van der Waals surface area contributed by atoms with E-state index in [1.54, 1.807) is 31.0 Å². The van der Waals surface area contributed by atoms with Gasteiger partial charge < -0.3 is 14.9 Å². The van der Waals surface area contributed by atoms with Crippen molar-refractivity contribution in [2.45, 2.75) is 19.8 Å². The Morgan fingerprint density at radius 3 is 2.77 bits per heavy atom. The quantitative estimate of drug-likeness (QED) is 0.911. The molecule has 22 heavy (non-hydrogen) atoms. The first kappa shape index (κ1) is 16.5. The third kappa shape index (κ3) is 3.47. The average molecular weight is 324 g/mol. The van der Waals surface area contributed by atoms with Gasteiger partial charge in [-0.05, 0) is 31.2 Å². The number of hydrogen-bond donors (Lipinski definition) is 1. The third-order valence-corrected chi connectivity index (χ3v) is 4.87. The maximum Gasteiger partial charge on any atom is 0.311 e. The van der Waals surface area contributed by atoms with Crippen molar-refractivity contribution in [2.75, 3.05) is 26.7 Å². The van der Waals surface area contributed by atoms with Crippen LogP contribution in [0.1, 0.15) is 29.4 Å². The van der Waals surface area contributed by atoms with Gasteiger partial charge in [0.2, 0.25) is 5.91 Å². The molecule has 6 nitrogen and oxygen atoms in total. The predicted molar refractivity (Wildman–Crippen MR) is 82.8 cm³/mol. The van der Waals surface area contributed by atoms with E-state index in [4.69, 9.17) is 0 Å². The van der Waals surface area contributed by atoms with Crippen LogP contribution in [0.5, 0.6) is 0 Å². The van der Waals surface area contributed by atoms with Crippen LogP contribution < -0.4 is 0 Å². The number of rotatable bonds is 4. The molecule has 1 N–H and O–H groups in total. The number of carboxylic acid groups (broad SMARTS) is 1. The van der Waals surface area contributed by atoms with Gasteiger partial charge in [0.15, 0.2) is 0 Å². The number of amides is 2. The second kappa shape index (κ2) is 6.48. The van der Waals surface area contributed by atoms with Gasteiger partial charge in [-0.15, -0.1) is 11.3 Å². The second-order valence-corrected chi connectivity index (χ2v) is 6.87. The predicted octanol–water partition coefficient (Wildman–Crippen LogP) is 1.53. The number of carbonyl (C=O) groups excluding carboxylic acids is 2. The molecule has 1 aromatic rings. The number of thiophene rings is 1. The normalized spacial score (nSPS) is 21.5. The first-order valence-electron chi connectivity index (χ1n) is 7.13. The molecule has 1 unspecified atom stereocenters. The van der Waals surface area contributed by atoms with Gasteiger partial charge in [0.25, 0.3) is 5.91 Å². The van der Waals surface area contributed by atoms with E-state index in [2.05, 4.69) is 0 Å². The standard InChI is InChI=1S/C15H20N2O4S/c1-15(14(20)21)6-4-7-17(10-15)12(18)9-16(2)13(19)11-5-3-8-22-11/h3,5,8H,4,6-7,9-10H2,1-2H3,(H,20,21). The van der Waals surface area contributed by atoms with E-state index in [-0.39, 0.29) is 24.9 Å². The van der Waals surface area contributed by atoms with Gasteiger partial charge in [-0.2, -0.15) is 0 Å². The molecule has 1 fully saturated rings. The smallest absolute Gasteiger partial charge is 0.311 e. The summed E-state index contributed by atoms with van der Waals surface area (Å²) in [7, 11) is 1.58. The summed E-state index contributed by atoms with van der Waals surface area (Å²) in [5.74, 6) is -1.28. The van der Waals surface area contributed by atoms with E-state index in [0.29, 0.717) is 24.3 Å². The summed E-state index contributed by atoms with van der Waals surface area (Å²) < 4.78 is 0. The number of piperidine rings is 1. The first-order valence-corrected chi connectivity index (χ1v) is 8.01. The minimum atomic E-state index is -0.899. The number of likely N-dealkylation sites (N-methyl/N-ethyl adjacent to an activating group) is 1. The molecular formula is C15H20N2O4S. The summed E-state index contributed by atoms with van der Waals surface area (Å²) in [5.41, 5.74) is -0.899. The molecule has 0 aromatic carbocycles. The molecule has 1 aliphatic rings. The molecule has 1 aromatic heterocycles. The summed E-state index contributed by atoms with van der Waals surface area (Å²) in [6.45, 7) is 2.37. The van der Waals surface area contributed by atoms with Crippen molar-refractivity contribution in [3.05, 3.63) is 22.4 Å². The molecule has 2 amide bonds. The van der Waals surface area contributed by atoms with Crippen LogP contribution in [0.15, 0.2) is 17.5 Å². The van der Waals surface area contributed by atoms with Crippen molar-refractivity contribution in [2.24, 2.45) is 5.41 Å². The summed E-state index contributed by atoms with van der Waals surface area (Å²) in [6, 6.07) is 3.51. The Balaban J connectivity index is 1.97. The number of likely N-dealkylation sites (tertiary alicyclic amines) is 1. The van der Waals surface area contributed by atoms with Gasteiger partial charge in [0.05, 0.1) is 16.8 Å². The molecule has 2 heterocycles. The number of aliphatic carboxylic acids is 1. The fourth-order valence-corrected chi connectivity index (χ4v) is 3.31. The highest BCUT2D eigenvalue weighted by Gasteiger charge is 2.39. The fourth-order valence-electron chi connectivity index (χ4n) is 2.59. The number of hydrogen-bond acceptors (Lipinski definition) is 4. The van der Waals surface area contributed by atoms with E-state index in [9.17, 15) is 19.5 Å². The summed E-state index contributed by atoms with van der Waals surface area (Å²) in [4.78, 5) is 39.3. The zero-order valence-corrected chi connectivity index (χ0v) is 13.6. The highest BCUT2D eigenvalue weighted by atomic mass is 32.1. The number of nitrogens with zero attached hydrogens (tertiary/aromatic N) is 2. The monoisotopic (exact) mass is 324 g/mol. The summed E-state index contributed by atoms with van der Waals surface area (Å²) >= 11 is 1.33. The summed E-state index contributed by atoms with van der Waals surface area (Å²) in [6.07, 6.45) is 1.23. The van der Waals surface area contributed by atoms with Gasteiger partial charge in [0, 0.05) is 20.1 Å². The van der Waals surface area contributed by atoms with E-state index in [0.717, 1.165) is 0 Å². The van der Waals surface area contributed by atoms with E-state index in [1.807, 2.05) is 5.38 Å². The van der Waals surface area contributed by atoms with Gasteiger partial charge >= 0.3 is 5.97 Å². The molecular weight excluding hydrogens is 304 g/mol. The topological polar surface area (TPSA) is 77.9 Å². The number of carbonyl (C=O) groups is 3. The Morgan fingerprint density at radius 1 is 1.45 bits per heavy atom. The molecule has 7 heteroatoms. The third-order valence-electron chi connectivity index (χ3n) is 4.02. The van der Waals surface area contributed by atoms with Crippen molar-refractivity contribution >= 4 is 29.1 Å². The van der Waals surface area contributed by atoms with Gasteiger partial charge in [0.1, 0.15) is 0 Å². The van der Waals surface area contributed by atoms with Gasteiger partial charge in [-0.25, -0.2) is 0 Å². The molecule has 0 saturated carbocycles. The minimum Gasteiger partial charge on any atom is -0.481 e. The van der Waals surface area contributed by atoms with Crippen molar-refractivity contribution in [1.29, 1.82) is 0 Å². The van der Waals surface area contributed by atoms with Crippen LogP contribution in [0.4, 0.5) is 0 Å². The lowest BCUT2D eigenvalue weighted by Crippen LogP contribution is -2.51. The lowest BCUT2D eigenvalue weighted by Gasteiger charge is -2.38. The SMILES string of the molecule is CN(CC(=O)N1CCCC(C)(C(=O)O)C1)C(=O)c1cccs1. The molecule has 2 rings (SSSR count). The Hall–Kier alpha value is -1.89. The Bertz CT molecular complexity index is 572. The Morgan fingerprint density at radius 2 is 2.18 bits per heavy atom. The van der Waals surface area contributed by atoms with Crippen LogP contribution in [0.2, 0.25) is 0 Å². The molecule has 0 aliphatic carbocycles. The Labute approximate surface area is 133 Å². The van der Waals surface area contributed by atoms with E-state index < -0.39 is 11.4 Å². The molecule has 0 radical (unpaired) electrons. The van der Waals surface area contributed by atoms with Crippen LogP contribution in [0.25, 0.3) is 0 Å². The average Bonchev–Trinajstić information content (AvgIpc) is 3.00. The molecule has 1 atom stereocenters. The van der Waals surface area contributed by atoms with Gasteiger partial charge in [-0.3, -0.25) is 14.4 Å². The van der Waals surface area contributed by atoms with Crippen molar-refractivity contribution < 1.29 is 19.5 Å². The van der Waals surface area contributed by atoms with Gasteiger partial charge in [-0.1, -0.05) is 6.07 Å². The zero-order valence-electron chi connectivity index (χ0n) is 12.7. The lowest BCUT2D eigenvalue weighted by atomic mass is 9.82. The largest absolute Gasteiger partial charge is 0.481 e. The van der Waals surface area contributed by atoms with Crippen molar-refractivity contribution in [3.63, 3.8) is 0 Å². The zero-order chi connectivity index (χ0) is 16.3. The van der Waals surface area contributed by atoms with Crippen LogP contribution in [0, 0.1) is 5.41 Å². The molecule has 1 aliphatic heterocycles. The highest BCUT2D eigenvalue weighted by Crippen LogP contribution is 2.29. The van der Waals surface area contributed by atoms with Crippen molar-refractivity contribution in [3.8, 4) is 0 Å². The van der Waals surface area contributed by atoms with Crippen LogP contribution in [0.3, 0.4) is 0 Å². The fraction of sp³-hybridized carbons (Fsp3) is 0.533. The molecule has 120 valence electrons. The molecule has 0 spiro atoms. The number of carboxylic acids is 1. The highest BCUT2D eigenvalue weighted by molar-refractivity contribution is 7.12. The molecule has 1 saturated heterocycles. The van der Waals surface area contributed by atoms with Crippen LogP contribution in [-0.4, -0.2) is 59.4 Å². The summed E-state index contributed by atoms with van der Waals surface area (Å²) in [5, 5.41) is 11.1. The van der Waals surface area contributed by atoms with E-state index in [1.165, 1.54) is 16.2 Å². The van der Waals surface area contributed by atoms with E-state index >= 15 is 0 Å². The van der Waals surface area contributed by atoms with Crippen molar-refractivity contribution in [1.82, 2.24) is 9.80 Å². The lowest BCUT2D eigenvalue weighted by molar-refractivity contribution is -0.153. The van der Waals surface area contributed by atoms with Crippen LogP contribution >= 0.6 is 11.3 Å². The second-order valence-electron chi connectivity index (χ2n) is 5.92. The maximum atomic E-state index is 12.3. The minimum absolute atomic E-state index is 0.0353. The maximum absolute atomic E-state index is 12.3. The first-order chi connectivity index (χ1) is 10.3. The van der Waals surface area contributed by atoms with Crippen LogP contribution in [-0.2, 0) is 9.59 Å².